The normalized spacial score (nSPS) is 21.9. The number of hydrogen-bond acceptors (Lipinski definition) is 3. The van der Waals surface area contributed by atoms with E-state index in [-0.39, 0.29) is 0 Å². The summed E-state index contributed by atoms with van der Waals surface area (Å²) in [4.78, 5) is 4.32. The average molecular weight is 191 g/mol. The van der Waals surface area contributed by atoms with E-state index in [0.29, 0.717) is 6.04 Å². The molecule has 14 heavy (non-hydrogen) atoms. The molecule has 76 valence electrons. The van der Waals surface area contributed by atoms with Gasteiger partial charge in [-0.3, -0.25) is 0 Å². The van der Waals surface area contributed by atoms with Gasteiger partial charge in [-0.05, 0) is 31.0 Å². The molecule has 0 unspecified atom stereocenters. The van der Waals surface area contributed by atoms with Crippen LogP contribution in [0, 0.1) is 0 Å². The fourth-order valence-corrected chi connectivity index (χ4v) is 1.90. The highest BCUT2D eigenvalue weighted by Gasteiger charge is 2.14. The highest BCUT2D eigenvalue weighted by Crippen LogP contribution is 2.22. The summed E-state index contributed by atoms with van der Waals surface area (Å²) in [6.45, 7) is 1.14. The minimum absolute atomic E-state index is 0.516. The van der Waals surface area contributed by atoms with Gasteiger partial charge in [0.15, 0.2) is 0 Å². The molecule has 0 spiro atoms. The molecule has 1 saturated heterocycles. The largest absolute Gasteiger partial charge is 0.373 e. The Morgan fingerprint density at radius 2 is 2.36 bits per heavy atom. The van der Waals surface area contributed by atoms with Crippen molar-refractivity contribution in [1.29, 1.82) is 0 Å². The van der Waals surface area contributed by atoms with Crippen molar-refractivity contribution in [3.05, 3.63) is 23.9 Å². The molecule has 0 bridgehead atoms. The van der Waals surface area contributed by atoms with Crippen LogP contribution in [0.3, 0.4) is 0 Å². The molecule has 1 aromatic heterocycles. The Hall–Kier alpha value is -1.09. The molecule has 1 atom stereocenters. The van der Waals surface area contributed by atoms with E-state index >= 15 is 0 Å². The minimum Gasteiger partial charge on any atom is -0.373 e. The van der Waals surface area contributed by atoms with E-state index in [1.165, 1.54) is 24.8 Å². The zero-order valence-electron chi connectivity index (χ0n) is 8.59. The first-order chi connectivity index (χ1) is 6.90. The molecule has 0 aliphatic carbocycles. The Morgan fingerprint density at radius 3 is 2.93 bits per heavy atom. The number of nitrogens with zero attached hydrogens (tertiary/aromatic N) is 1. The first kappa shape index (κ1) is 9.46. The van der Waals surface area contributed by atoms with Crippen LogP contribution < -0.4 is 10.6 Å². The van der Waals surface area contributed by atoms with Crippen LogP contribution in [0.25, 0.3) is 0 Å². The Bertz CT molecular complexity index is 275. The summed E-state index contributed by atoms with van der Waals surface area (Å²) < 4.78 is 0. The Morgan fingerprint density at radius 1 is 1.43 bits per heavy atom. The molecule has 2 N–H and O–H groups in total. The third kappa shape index (κ3) is 2.04. The van der Waals surface area contributed by atoms with Gasteiger partial charge < -0.3 is 10.6 Å². The second kappa shape index (κ2) is 4.42. The second-order valence-corrected chi connectivity index (χ2v) is 3.73. The highest BCUT2D eigenvalue weighted by atomic mass is 15.0. The number of aromatic nitrogens is 1. The van der Waals surface area contributed by atoms with Gasteiger partial charge in [0.1, 0.15) is 5.82 Å². The van der Waals surface area contributed by atoms with Gasteiger partial charge in [-0.25, -0.2) is 4.98 Å². The van der Waals surface area contributed by atoms with Crippen LogP contribution >= 0.6 is 0 Å². The van der Waals surface area contributed by atoms with Crippen molar-refractivity contribution in [2.24, 2.45) is 0 Å². The van der Waals surface area contributed by atoms with Gasteiger partial charge in [-0.15, -0.1) is 0 Å². The maximum atomic E-state index is 4.32. The Labute approximate surface area is 84.9 Å². The number of nitrogens with one attached hydrogen (secondary N) is 2. The van der Waals surface area contributed by atoms with E-state index in [2.05, 4.69) is 21.7 Å². The number of hydrogen-bond donors (Lipinski definition) is 2. The quantitative estimate of drug-likeness (QED) is 0.750. The van der Waals surface area contributed by atoms with Crippen molar-refractivity contribution >= 4 is 5.82 Å². The summed E-state index contributed by atoms with van der Waals surface area (Å²) in [5.41, 5.74) is 1.31. The molecule has 2 heterocycles. The zero-order valence-corrected chi connectivity index (χ0v) is 8.59. The molecular formula is C11H17N3. The van der Waals surface area contributed by atoms with Crippen LogP contribution in [-0.2, 0) is 0 Å². The molecule has 1 aliphatic rings. The van der Waals surface area contributed by atoms with Crippen molar-refractivity contribution in [2.45, 2.75) is 25.3 Å². The molecule has 3 heteroatoms. The summed E-state index contributed by atoms with van der Waals surface area (Å²) in [7, 11) is 1.89. The van der Waals surface area contributed by atoms with E-state index in [1.807, 2.05) is 19.3 Å². The van der Waals surface area contributed by atoms with Gasteiger partial charge in [0, 0.05) is 19.3 Å². The SMILES string of the molecule is CNc1ccc([C@@H]2CCCCN2)cn1. The van der Waals surface area contributed by atoms with E-state index in [9.17, 15) is 0 Å². The van der Waals surface area contributed by atoms with Gasteiger partial charge >= 0.3 is 0 Å². The average Bonchev–Trinajstić information content (AvgIpc) is 2.30. The molecule has 2 rings (SSSR count). The predicted octanol–water partition coefficient (Wildman–Crippen LogP) is 1.94. The molecule has 3 nitrogen and oxygen atoms in total. The fourth-order valence-electron chi connectivity index (χ4n) is 1.90. The van der Waals surface area contributed by atoms with Gasteiger partial charge in [-0.2, -0.15) is 0 Å². The lowest BCUT2D eigenvalue weighted by molar-refractivity contribution is 0.411. The molecule has 0 aromatic carbocycles. The van der Waals surface area contributed by atoms with Crippen LogP contribution in [-0.4, -0.2) is 18.6 Å². The third-order valence-corrected chi connectivity index (χ3v) is 2.76. The van der Waals surface area contributed by atoms with Crippen LogP contribution in [0.1, 0.15) is 30.9 Å². The van der Waals surface area contributed by atoms with Crippen LogP contribution in [0.2, 0.25) is 0 Å². The first-order valence-corrected chi connectivity index (χ1v) is 5.27. The lowest BCUT2D eigenvalue weighted by atomic mass is 9.99. The Kier molecular flexibility index (Phi) is 2.99. The molecule has 0 saturated carbocycles. The smallest absolute Gasteiger partial charge is 0.125 e. The van der Waals surface area contributed by atoms with Crippen LogP contribution in [0.4, 0.5) is 5.82 Å². The van der Waals surface area contributed by atoms with Gasteiger partial charge in [-0.1, -0.05) is 12.5 Å². The number of rotatable bonds is 2. The maximum Gasteiger partial charge on any atom is 0.125 e. The van der Waals surface area contributed by atoms with E-state index in [1.54, 1.807) is 0 Å². The molecule has 1 fully saturated rings. The zero-order chi connectivity index (χ0) is 9.80. The topological polar surface area (TPSA) is 37.0 Å². The van der Waals surface area contributed by atoms with E-state index in [4.69, 9.17) is 0 Å². The summed E-state index contributed by atoms with van der Waals surface area (Å²) in [5, 5.41) is 6.54. The van der Waals surface area contributed by atoms with Crippen molar-refractivity contribution in [3.63, 3.8) is 0 Å². The first-order valence-electron chi connectivity index (χ1n) is 5.27. The van der Waals surface area contributed by atoms with Crippen LogP contribution in [0.5, 0.6) is 0 Å². The summed E-state index contributed by atoms with van der Waals surface area (Å²) in [5.74, 6) is 0.935. The molecule has 0 radical (unpaired) electrons. The lowest BCUT2D eigenvalue weighted by Gasteiger charge is -2.23. The molecule has 1 aliphatic heterocycles. The van der Waals surface area contributed by atoms with E-state index in [0.717, 1.165) is 12.4 Å². The lowest BCUT2D eigenvalue weighted by Crippen LogP contribution is -2.26. The fraction of sp³-hybridized carbons (Fsp3) is 0.545. The summed E-state index contributed by atoms with van der Waals surface area (Å²) >= 11 is 0. The molecule has 0 amide bonds. The Balaban J connectivity index is 2.07. The van der Waals surface area contributed by atoms with Gasteiger partial charge in [0.05, 0.1) is 0 Å². The summed E-state index contributed by atoms with van der Waals surface area (Å²) in [6, 6.07) is 4.70. The molecular weight excluding hydrogens is 174 g/mol. The van der Waals surface area contributed by atoms with Crippen LogP contribution in [0.15, 0.2) is 18.3 Å². The number of pyridine rings is 1. The second-order valence-electron chi connectivity index (χ2n) is 3.73. The molecule has 1 aromatic rings. The van der Waals surface area contributed by atoms with Crippen molar-refractivity contribution in [2.75, 3.05) is 18.9 Å². The van der Waals surface area contributed by atoms with Crippen molar-refractivity contribution in [1.82, 2.24) is 10.3 Å². The number of piperidine rings is 1. The van der Waals surface area contributed by atoms with E-state index < -0.39 is 0 Å². The standard InChI is InChI=1S/C11H17N3/c1-12-11-6-5-9(8-14-11)10-4-2-3-7-13-10/h5-6,8,10,13H,2-4,7H2,1H3,(H,12,14)/t10-/m0/s1. The monoisotopic (exact) mass is 191 g/mol. The van der Waals surface area contributed by atoms with Crippen molar-refractivity contribution < 1.29 is 0 Å². The minimum atomic E-state index is 0.516. The summed E-state index contributed by atoms with van der Waals surface area (Å²) in [6.07, 6.45) is 5.83. The van der Waals surface area contributed by atoms with Crippen molar-refractivity contribution in [3.8, 4) is 0 Å². The number of anilines is 1. The predicted molar refractivity (Wildman–Crippen MR) is 58.4 cm³/mol. The third-order valence-electron chi connectivity index (χ3n) is 2.76. The van der Waals surface area contributed by atoms with Gasteiger partial charge in [0.2, 0.25) is 0 Å². The maximum absolute atomic E-state index is 4.32. The highest BCUT2D eigenvalue weighted by molar-refractivity contribution is 5.35. The van der Waals surface area contributed by atoms with Gasteiger partial charge in [0.25, 0.3) is 0 Å².